The predicted molar refractivity (Wildman–Crippen MR) is 80.2 cm³/mol. The molecule has 0 bridgehead atoms. The maximum Gasteiger partial charge on any atom is 0.224 e. The van der Waals surface area contributed by atoms with E-state index in [4.69, 9.17) is 16.9 Å². The van der Waals surface area contributed by atoms with Crippen LogP contribution in [0.4, 0.5) is 17.5 Å². The van der Waals surface area contributed by atoms with Gasteiger partial charge in [-0.3, -0.25) is 0 Å². The van der Waals surface area contributed by atoms with Crippen LogP contribution in [0.1, 0.15) is 12.5 Å². The van der Waals surface area contributed by atoms with Crippen molar-refractivity contribution in [2.75, 3.05) is 17.2 Å². The summed E-state index contributed by atoms with van der Waals surface area (Å²) in [6, 6.07) is 9.68. The normalized spacial score (nSPS) is 9.85. The molecule has 20 heavy (non-hydrogen) atoms. The Morgan fingerprint density at radius 2 is 2.05 bits per heavy atom. The molecule has 2 aromatic rings. The quantitative estimate of drug-likeness (QED) is 0.882. The largest absolute Gasteiger partial charge is 0.354 e. The number of nitrogens with one attached hydrogen (secondary N) is 2. The minimum absolute atomic E-state index is 0.402. The molecule has 0 aliphatic rings. The van der Waals surface area contributed by atoms with E-state index in [1.165, 1.54) is 0 Å². The molecular weight excluding hydrogens is 274 g/mol. The lowest BCUT2D eigenvalue weighted by atomic mass is 10.1. The number of halogens is 1. The lowest BCUT2D eigenvalue weighted by molar-refractivity contribution is 1.09. The topological polar surface area (TPSA) is 73.6 Å². The van der Waals surface area contributed by atoms with E-state index in [9.17, 15) is 0 Å². The van der Waals surface area contributed by atoms with Crippen LogP contribution in [0.2, 0.25) is 5.02 Å². The molecule has 0 unspecified atom stereocenters. The van der Waals surface area contributed by atoms with Crippen molar-refractivity contribution in [2.24, 2.45) is 0 Å². The highest BCUT2D eigenvalue weighted by atomic mass is 35.5. The van der Waals surface area contributed by atoms with Crippen molar-refractivity contribution in [1.29, 1.82) is 5.26 Å². The summed E-state index contributed by atoms with van der Waals surface area (Å²) in [4.78, 5) is 8.38. The maximum atomic E-state index is 8.63. The molecule has 0 atom stereocenters. The molecule has 5 nitrogen and oxygen atoms in total. The molecule has 0 saturated carbocycles. The lowest BCUT2D eigenvalue weighted by Gasteiger charge is -2.09. The number of nitrogens with zero attached hydrogens (tertiary/aromatic N) is 3. The Morgan fingerprint density at radius 3 is 2.70 bits per heavy atom. The molecule has 102 valence electrons. The van der Waals surface area contributed by atoms with Crippen LogP contribution in [0, 0.1) is 11.3 Å². The van der Waals surface area contributed by atoms with Gasteiger partial charge in [0, 0.05) is 12.2 Å². The Balaban J connectivity index is 2.16. The van der Waals surface area contributed by atoms with Crippen molar-refractivity contribution in [3.63, 3.8) is 0 Å². The first-order chi connectivity index (χ1) is 9.72. The van der Waals surface area contributed by atoms with E-state index in [2.05, 4.69) is 26.7 Å². The summed E-state index contributed by atoms with van der Waals surface area (Å²) in [6.45, 7) is 2.71. The first-order valence-corrected chi connectivity index (χ1v) is 6.60. The first kappa shape index (κ1) is 14.1. The Labute approximate surface area is 122 Å². The van der Waals surface area contributed by atoms with Crippen molar-refractivity contribution < 1.29 is 0 Å². The average Bonchev–Trinajstić information content (AvgIpc) is 2.45. The van der Waals surface area contributed by atoms with Gasteiger partial charge in [0.1, 0.15) is 5.02 Å². The van der Waals surface area contributed by atoms with E-state index >= 15 is 0 Å². The van der Waals surface area contributed by atoms with Crippen LogP contribution in [-0.4, -0.2) is 16.5 Å². The van der Waals surface area contributed by atoms with E-state index in [1.54, 1.807) is 6.20 Å². The highest BCUT2D eigenvalue weighted by Gasteiger charge is 2.05. The third-order valence-electron chi connectivity index (χ3n) is 2.58. The second-order valence-electron chi connectivity index (χ2n) is 4.08. The van der Waals surface area contributed by atoms with Crippen molar-refractivity contribution in [1.82, 2.24) is 9.97 Å². The zero-order chi connectivity index (χ0) is 14.4. The Hall–Kier alpha value is -2.32. The lowest BCUT2D eigenvalue weighted by Crippen LogP contribution is -2.04. The molecule has 1 aromatic carbocycles. The van der Waals surface area contributed by atoms with Crippen LogP contribution in [0.25, 0.3) is 0 Å². The minimum Gasteiger partial charge on any atom is -0.354 e. The molecule has 0 amide bonds. The van der Waals surface area contributed by atoms with Gasteiger partial charge in [-0.2, -0.15) is 10.2 Å². The number of benzene rings is 1. The van der Waals surface area contributed by atoms with Crippen molar-refractivity contribution in [3.05, 3.63) is 41.0 Å². The van der Waals surface area contributed by atoms with E-state index in [-0.39, 0.29) is 0 Å². The number of hydrogen-bond acceptors (Lipinski definition) is 5. The van der Waals surface area contributed by atoms with E-state index in [0.29, 0.717) is 23.2 Å². The van der Waals surface area contributed by atoms with Gasteiger partial charge in [0.2, 0.25) is 5.95 Å². The van der Waals surface area contributed by atoms with E-state index < -0.39 is 0 Å². The monoisotopic (exact) mass is 287 g/mol. The summed E-state index contributed by atoms with van der Waals surface area (Å²) in [6.07, 6.45) is 1.96. The summed E-state index contributed by atoms with van der Waals surface area (Å²) in [5.41, 5.74) is 1.83. The van der Waals surface area contributed by atoms with Crippen LogP contribution < -0.4 is 10.6 Å². The minimum atomic E-state index is 0.402. The molecule has 0 fully saturated rings. The van der Waals surface area contributed by atoms with Gasteiger partial charge < -0.3 is 10.6 Å². The van der Waals surface area contributed by atoms with Gasteiger partial charge >= 0.3 is 0 Å². The Morgan fingerprint density at radius 1 is 1.30 bits per heavy atom. The third-order valence-corrected chi connectivity index (χ3v) is 2.86. The molecule has 0 radical (unpaired) electrons. The fourth-order valence-corrected chi connectivity index (χ4v) is 1.77. The molecule has 0 saturated heterocycles. The van der Waals surface area contributed by atoms with Crippen LogP contribution >= 0.6 is 11.6 Å². The molecule has 0 aliphatic heterocycles. The van der Waals surface area contributed by atoms with Crippen LogP contribution in [0.5, 0.6) is 0 Å². The molecule has 1 aromatic heterocycles. The van der Waals surface area contributed by atoms with Gasteiger partial charge in [-0.1, -0.05) is 23.7 Å². The zero-order valence-electron chi connectivity index (χ0n) is 11.0. The summed E-state index contributed by atoms with van der Waals surface area (Å²) >= 11 is 6.07. The van der Waals surface area contributed by atoms with Crippen LogP contribution in [0.15, 0.2) is 30.5 Å². The molecule has 2 rings (SSSR count). The molecule has 6 heteroatoms. The highest BCUT2D eigenvalue weighted by Crippen LogP contribution is 2.23. The van der Waals surface area contributed by atoms with Crippen LogP contribution in [0.3, 0.4) is 0 Å². The van der Waals surface area contributed by atoms with Gasteiger partial charge in [0.15, 0.2) is 5.82 Å². The zero-order valence-corrected chi connectivity index (χ0v) is 11.8. The standard InChI is InChI=1S/C14H14ClN5/c1-2-17-14-18-9-12(15)13(20-14)19-11-5-3-10(4-6-11)7-8-16/h3-6,9H,2,7H2,1H3,(H2,17,18,19,20). The average molecular weight is 288 g/mol. The highest BCUT2D eigenvalue weighted by molar-refractivity contribution is 6.32. The summed E-state index contributed by atoms with van der Waals surface area (Å²) < 4.78 is 0. The number of nitriles is 1. The maximum absolute atomic E-state index is 8.63. The molecule has 0 aliphatic carbocycles. The smallest absolute Gasteiger partial charge is 0.224 e. The summed E-state index contributed by atoms with van der Waals surface area (Å²) in [5, 5.41) is 15.3. The third kappa shape index (κ3) is 3.59. The van der Waals surface area contributed by atoms with Crippen LogP contribution in [-0.2, 0) is 6.42 Å². The van der Waals surface area contributed by atoms with Gasteiger partial charge in [-0.05, 0) is 24.6 Å². The number of anilines is 3. The Bertz CT molecular complexity index is 618. The van der Waals surface area contributed by atoms with Gasteiger partial charge in [-0.15, -0.1) is 0 Å². The fourth-order valence-electron chi connectivity index (χ4n) is 1.63. The van der Waals surface area contributed by atoms with Gasteiger partial charge in [0.25, 0.3) is 0 Å². The molecule has 2 N–H and O–H groups in total. The molecular formula is C14H14ClN5. The summed E-state index contributed by atoms with van der Waals surface area (Å²) in [7, 11) is 0. The van der Waals surface area contributed by atoms with Gasteiger partial charge in [0.05, 0.1) is 18.7 Å². The predicted octanol–water partition coefficient (Wildman–Crippen LogP) is 3.37. The van der Waals surface area contributed by atoms with Crippen molar-refractivity contribution in [3.8, 4) is 6.07 Å². The fraction of sp³-hybridized carbons (Fsp3) is 0.214. The SMILES string of the molecule is CCNc1ncc(Cl)c(Nc2ccc(CC#N)cc2)n1. The molecule has 1 heterocycles. The van der Waals surface area contributed by atoms with Crippen molar-refractivity contribution >= 4 is 29.1 Å². The summed E-state index contributed by atoms with van der Waals surface area (Å²) in [5.74, 6) is 1.08. The molecule has 0 spiro atoms. The number of aromatic nitrogens is 2. The Kier molecular flexibility index (Phi) is 4.75. The van der Waals surface area contributed by atoms with Crippen molar-refractivity contribution in [2.45, 2.75) is 13.3 Å². The van der Waals surface area contributed by atoms with Gasteiger partial charge in [-0.25, -0.2) is 4.98 Å². The van der Waals surface area contributed by atoms with E-state index in [0.717, 1.165) is 17.8 Å². The van der Waals surface area contributed by atoms with E-state index in [1.807, 2.05) is 31.2 Å². The number of rotatable bonds is 5. The first-order valence-electron chi connectivity index (χ1n) is 6.22. The second-order valence-corrected chi connectivity index (χ2v) is 4.48. The second kappa shape index (κ2) is 6.73. The number of hydrogen-bond donors (Lipinski definition) is 2.